The number of aromatic nitrogens is 2. The summed E-state index contributed by atoms with van der Waals surface area (Å²) >= 11 is 0. The van der Waals surface area contributed by atoms with Gasteiger partial charge in [-0.05, 0) is 130 Å². The molecule has 0 aliphatic carbocycles. The summed E-state index contributed by atoms with van der Waals surface area (Å²) in [6.07, 6.45) is 0. The van der Waals surface area contributed by atoms with Crippen LogP contribution in [0, 0.1) is 13.1 Å². The van der Waals surface area contributed by atoms with Crippen LogP contribution in [0.2, 0.25) is 0 Å². The van der Waals surface area contributed by atoms with Crippen LogP contribution in [-0.2, 0) is 0 Å². The minimum Gasteiger partial charge on any atom is -0.311 e. The first-order valence-corrected chi connectivity index (χ1v) is 21.0. The van der Waals surface area contributed by atoms with E-state index in [4.69, 9.17) is 23.1 Å². The molecule has 1 aromatic heterocycles. The number of hydrogen-bond donors (Lipinski definition) is 0. The zero-order chi connectivity index (χ0) is 43.0. The molecule has 64 heavy (non-hydrogen) atoms. The molecule has 0 aliphatic rings. The Morgan fingerprint density at radius 1 is 0.297 bits per heavy atom. The summed E-state index contributed by atoms with van der Waals surface area (Å²) in [7, 11) is 0. The number of rotatable bonds is 8. The van der Waals surface area contributed by atoms with Gasteiger partial charge in [0.2, 0.25) is 0 Å². The summed E-state index contributed by atoms with van der Waals surface area (Å²) < 4.78 is 0. The van der Waals surface area contributed by atoms with Gasteiger partial charge in [0, 0.05) is 44.9 Å². The van der Waals surface area contributed by atoms with E-state index in [9.17, 15) is 0 Å². The van der Waals surface area contributed by atoms with E-state index in [1.165, 1.54) is 0 Å². The number of fused-ring (bicyclic) bond motifs is 7. The van der Waals surface area contributed by atoms with E-state index in [-0.39, 0.29) is 11.4 Å². The van der Waals surface area contributed by atoms with E-state index in [0.29, 0.717) is 11.0 Å². The molecule has 0 bridgehead atoms. The first-order valence-electron chi connectivity index (χ1n) is 21.0. The highest BCUT2D eigenvalue weighted by atomic mass is 15.1. The third-order valence-corrected chi connectivity index (χ3v) is 11.8. The lowest BCUT2D eigenvalue weighted by Crippen LogP contribution is -2.09. The predicted molar refractivity (Wildman–Crippen MR) is 265 cm³/mol. The van der Waals surface area contributed by atoms with Gasteiger partial charge in [-0.2, -0.15) is 0 Å². The van der Waals surface area contributed by atoms with E-state index >= 15 is 0 Å². The molecule has 6 nitrogen and oxygen atoms in total. The zero-order valence-corrected chi connectivity index (χ0v) is 34.5. The minimum absolute atomic E-state index is 0.274. The molecule has 1 heterocycles. The van der Waals surface area contributed by atoms with Crippen LogP contribution in [0.15, 0.2) is 218 Å². The molecule has 0 saturated heterocycles. The zero-order valence-electron chi connectivity index (χ0n) is 34.5. The number of para-hydroxylation sites is 4. The van der Waals surface area contributed by atoms with Crippen LogP contribution in [0.5, 0.6) is 0 Å². The van der Waals surface area contributed by atoms with Gasteiger partial charge in [0.05, 0.1) is 35.2 Å². The molecular weight excluding hydrogens is 781 g/mol. The SMILES string of the molecule is [C-]#[N+]c1cc2nc3c4ccc(-c5ccc(N(c6ccccc6)c6ccccc6)cc5)cc4c4cc(-c5ccc(N(c6ccccc6)c6ccccc6)cc5)ccc4c3nc2cc1[N+]#[C-]. The maximum absolute atomic E-state index is 7.73. The van der Waals surface area contributed by atoms with Gasteiger partial charge in [-0.15, -0.1) is 0 Å². The molecule has 6 heteroatoms. The summed E-state index contributed by atoms with van der Waals surface area (Å²) in [6.45, 7) is 15.5. The summed E-state index contributed by atoms with van der Waals surface area (Å²) in [5.41, 5.74) is 14.0. The highest BCUT2D eigenvalue weighted by Gasteiger charge is 2.18. The molecule has 11 aromatic rings. The Morgan fingerprint density at radius 2 is 0.594 bits per heavy atom. The van der Waals surface area contributed by atoms with Gasteiger partial charge >= 0.3 is 0 Å². The van der Waals surface area contributed by atoms with E-state index in [0.717, 1.165) is 89.0 Å². The quantitative estimate of drug-likeness (QED) is 0.0870. The average molecular weight is 817 g/mol. The largest absolute Gasteiger partial charge is 0.311 e. The van der Waals surface area contributed by atoms with Crippen LogP contribution in [0.4, 0.5) is 45.5 Å². The molecule has 0 fully saturated rings. The van der Waals surface area contributed by atoms with Crippen LogP contribution in [0.25, 0.3) is 75.6 Å². The lowest BCUT2D eigenvalue weighted by molar-refractivity contribution is 1.28. The first-order chi connectivity index (χ1) is 31.6. The second-order valence-electron chi connectivity index (χ2n) is 15.6. The van der Waals surface area contributed by atoms with E-state index in [1.807, 2.05) is 24.3 Å². The molecule has 0 unspecified atom stereocenters. The molecule has 0 radical (unpaired) electrons. The predicted octanol–water partition coefficient (Wildman–Crippen LogP) is 16.5. The van der Waals surface area contributed by atoms with Gasteiger partial charge in [0.1, 0.15) is 0 Å². The van der Waals surface area contributed by atoms with Crippen molar-refractivity contribution < 1.29 is 0 Å². The Labute approximate surface area is 370 Å². The van der Waals surface area contributed by atoms with Gasteiger partial charge in [-0.1, -0.05) is 121 Å². The van der Waals surface area contributed by atoms with Crippen LogP contribution >= 0.6 is 0 Å². The third-order valence-electron chi connectivity index (χ3n) is 11.8. The van der Waals surface area contributed by atoms with Gasteiger partial charge in [-0.3, -0.25) is 9.69 Å². The minimum atomic E-state index is 0.274. The van der Waals surface area contributed by atoms with Crippen molar-refractivity contribution in [2.75, 3.05) is 9.80 Å². The maximum atomic E-state index is 7.73. The first kappa shape index (κ1) is 37.9. The lowest BCUT2D eigenvalue weighted by Gasteiger charge is -2.25. The number of nitrogens with zero attached hydrogens (tertiary/aromatic N) is 6. The second kappa shape index (κ2) is 16.1. The standard InChI is InChI=1S/C58H36N6/c1-59-53-37-55-56(38-54(53)60-2)62-58-50-34-28-42(40-25-31-48(32-26-40)64(45-19-11-5-12-20-45)46-21-13-6-14-22-46)36-52(50)51-35-41(27-33-49(51)57(58)61-55)39-23-29-47(30-24-39)63(43-15-7-3-8-16-43)44-17-9-4-10-18-44/h3-38H. The smallest absolute Gasteiger partial charge is 0.196 e. The van der Waals surface area contributed by atoms with Gasteiger partial charge in [0.25, 0.3) is 0 Å². The molecule has 0 amide bonds. The van der Waals surface area contributed by atoms with E-state index < -0.39 is 0 Å². The fraction of sp³-hybridized carbons (Fsp3) is 0. The summed E-state index contributed by atoms with van der Waals surface area (Å²) in [5, 5.41) is 4.02. The van der Waals surface area contributed by atoms with Crippen molar-refractivity contribution in [1.29, 1.82) is 0 Å². The second-order valence-corrected chi connectivity index (χ2v) is 15.6. The number of hydrogen-bond acceptors (Lipinski definition) is 4. The Balaban J connectivity index is 1.06. The summed E-state index contributed by atoms with van der Waals surface area (Å²) in [6, 6.07) is 75.7. The molecule has 10 aromatic carbocycles. The van der Waals surface area contributed by atoms with Crippen molar-refractivity contribution in [3.63, 3.8) is 0 Å². The molecule has 0 spiro atoms. The van der Waals surface area contributed by atoms with Crippen LogP contribution in [0.1, 0.15) is 0 Å². The monoisotopic (exact) mass is 816 g/mol. The lowest BCUT2D eigenvalue weighted by atomic mass is 9.93. The van der Waals surface area contributed by atoms with Crippen molar-refractivity contribution in [1.82, 2.24) is 9.97 Å². The Kier molecular flexibility index (Phi) is 9.50. The van der Waals surface area contributed by atoms with Gasteiger partial charge < -0.3 is 9.80 Å². The highest BCUT2D eigenvalue weighted by Crippen LogP contribution is 2.42. The fourth-order valence-electron chi connectivity index (χ4n) is 8.75. The van der Waals surface area contributed by atoms with E-state index in [2.05, 4.69) is 201 Å². The number of benzene rings is 10. The summed E-state index contributed by atoms with van der Waals surface area (Å²) in [5.74, 6) is 0. The summed E-state index contributed by atoms with van der Waals surface area (Å²) in [4.78, 5) is 22.1. The van der Waals surface area contributed by atoms with E-state index in [1.54, 1.807) is 12.1 Å². The van der Waals surface area contributed by atoms with Crippen molar-refractivity contribution in [3.05, 3.63) is 241 Å². The molecule has 298 valence electrons. The topological polar surface area (TPSA) is 41.0 Å². The molecular formula is C58H36N6. The highest BCUT2D eigenvalue weighted by molar-refractivity contribution is 6.25. The van der Waals surface area contributed by atoms with Crippen molar-refractivity contribution >= 4 is 89.1 Å². The molecule has 11 rings (SSSR count). The maximum Gasteiger partial charge on any atom is 0.196 e. The Morgan fingerprint density at radius 3 is 0.906 bits per heavy atom. The third kappa shape index (κ3) is 6.79. The normalized spacial score (nSPS) is 11.1. The van der Waals surface area contributed by atoms with Crippen LogP contribution in [-0.4, -0.2) is 9.97 Å². The number of anilines is 6. The molecule has 0 N–H and O–H groups in total. The average Bonchev–Trinajstić information content (AvgIpc) is 3.37. The molecule has 0 saturated carbocycles. The Bertz CT molecular complexity index is 3280. The van der Waals surface area contributed by atoms with Crippen LogP contribution < -0.4 is 9.80 Å². The molecule has 0 atom stereocenters. The molecule has 0 aliphatic heterocycles. The van der Waals surface area contributed by atoms with Gasteiger partial charge in [-0.25, -0.2) is 9.97 Å². The van der Waals surface area contributed by atoms with Crippen molar-refractivity contribution in [2.45, 2.75) is 0 Å². The van der Waals surface area contributed by atoms with Gasteiger partial charge in [0.15, 0.2) is 11.4 Å². The van der Waals surface area contributed by atoms with Crippen molar-refractivity contribution in [3.8, 4) is 22.3 Å². The van der Waals surface area contributed by atoms with Crippen molar-refractivity contribution in [2.24, 2.45) is 0 Å². The Hall–Kier alpha value is -9.10. The van der Waals surface area contributed by atoms with Crippen LogP contribution in [0.3, 0.4) is 0 Å². The fourth-order valence-corrected chi connectivity index (χ4v) is 8.75.